The van der Waals surface area contributed by atoms with Gasteiger partial charge in [0.1, 0.15) is 0 Å². The van der Waals surface area contributed by atoms with Crippen LogP contribution in [0.3, 0.4) is 0 Å². The van der Waals surface area contributed by atoms with E-state index in [2.05, 4.69) is 0 Å². The van der Waals surface area contributed by atoms with E-state index in [1.165, 1.54) is 0 Å². The molecule has 0 aromatic carbocycles. The molecule has 0 heterocycles. The SMILES string of the molecule is CO.ClCCl.ClCCl.ClCCl.ClCCl.ClCCl.ClCCl.ClCCl.ClCCl.ClCCl.ClCCl.ClCCl.ClCCl.ClCCl.ClCCl.ClCCl.ClCCl.ClCCl.ClCCl.ClCCl.ClCCl. The fraction of sp³-hybridized carbons (Fsp3) is 1.00. The molecule has 0 saturated carbocycles. The van der Waals surface area contributed by atoms with E-state index in [0.29, 0.717) is 0 Å². The topological polar surface area (TPSA) is 20.2 Å². The maximum atomic E-state index is 7.00. The van der Waals surface area contributed by atoms with Crippen LogP contribution >= 0.6 is 464 Å². The van der Waals surface area contributed by atoms with Gasteiger partial charge in [0.25, 0.3) is 0 Å². The van der Waals surface area contributed by atoms with Crippen LogP contribution in [0.1, 0.15) is 0 Å². The van der Waals surface area contributed by atoms with E-state index in [1.807, 2.05) is 0 Å². The summed E-state index contributed by atoms with van der Waals surface area (Å²) in [6.45, 7) is 0. The first-order valence-electron chi connectivity index (χ1n) is 11.1. The molecule has 0 amide bonds. The zero-order chi connectivity index (χ0) is 56.1. The molecular formula is C21H44Cl40O. The summed E-state index contributed by atoms with van der Waals surface area (Å²) >= 11 is 191. The molecule has 1 N–H and O–H groups in total. The molecule has 0 aliphatic rings. The molecule has 0 aromatic heterocycles. The number of hydrogen-bond acceptors (Lipinski definition) is 1. The summed E-state index contributed by atoms with van der Waals surface area (Å²) < 4.78 is 0. The van der Waals surface area contributed by atoms with E-state index >= 15 is 0 Å². The number of alkyl halides is 40. The highest BCUT2D eigenvalue weighted by molar-refractivity contribution is 6.46. The molecule has 0 radical (unpaired) electrons. The molecule has 41 heteroatoms. The van der Waals surface area contributed by atoms with Crippen LogP contribution in [0.15, 0.2) is 0 Å². The van der Waals surface area contributed by atoms with Crippen molar-refractivity contribution in [1.82, 2.24) is 0 Å². The highest BCUT2D eigenvalue weighted by Crippen LogP contribution is 1.78. The summed E-state index contributed by atoms with van der Waals surface area (Å²) in [5.41, 5.74) is 0. The van der Waals surface area contributed by atoms with E-state index in [4.69, 9.17) is 469 Å². The van der Waals surface area contributed by atoms with Crippen molar-refractivity contribution in [3.8, 4) is 0 Å². The molecule has 0 saturated heterocycles. The van der Waals surface area contributed by atoms with Crippen molar-refractivity contribution in [3.63, 3.8) is 0 Å². The van der Waals surface area contributed by atoms with Crippen LogP contribution in [0.2, 0.25) is 0 Å². The van der Waals surface area contributed by atoms with Gasteiger partial charge in [-0.1, -0.05) is 0 Å². The van der Waals surface area contributed by atoms with Gasteiger partial charge in [0.05, 0.1) is 107 Å². The lowest BCUT2D eigenvalue weighted by Crippen LogP contribution is -1.25. The van der Waals surface area contributed by atoms with Gasteiger partial charge in [-0.05, 0) is 0 Å². The van der Waals surface area contributed by atoms with Crippen molar-refractivity contribution in [2.75, 3.05) is 114 Å². The minimum Gasteiger partial charge on any atom is -0.400 e. The minimum absolute atomic E-state index is 0.194. The van der Waals surface area contributed by atoms with Crippen molar-refractivity contribution < 1.29 is 5.11 Å². The van der Waals surface area contributed by atoms with Gasteiger partial charge < -0.3 is 5.11 Å². The maximum Gasteiger partial charge on any atom is 0.0967 e. The Morgan fingerprint density at radius 1 is 0.113 bits per heavy atom. The predicted octanol–water partition coefficient (Wildman–Crippen LogP) is 28.0. The van der Waals surface area contributed by atoms with Gasteiger partial charge in [-0.15, -0.1) is 464 Å². The van der Waals surface area contributed by atoms with Gasteiger partial charge >= 0.3 is 0 Å². The monoisotopic (exact) mass is 1710 g/mol. The zero-order valence-electron chi connectivity index (χ0n) is 30.7. The first kappa shape index (κ1) is 140. The van der Waals surface area contributed by atoms with Gasteiger partial charge in [0, 0.05) is 7.11 Å². The van der Waals surface area contributed by atoms with Gasteiger partial charge in [0.2, 0.25) is 0 Å². The van der Waals surface area contributed by atoms with Gasteiger partial charge in [0.15, 0.2) is 0 Å². The molecule has 0 bridgehead atoms. The Morgan fingerprint density at radius 3 is 0.113 bits per heavy atom. The Labute approximate surface area is 573 Å². The fourth-order valence-corrected chi connectivity index (χ4v) is 0. The second kappa shape index (κ2) is 373. The Kier molecular flexibility index (Phi) is 844. The molecular weight excluding hydrogens is 1690 g/mol. The summed E-state index contributed by atoms with van der Waals surface area (Å²) in [6.07, 6.45) is 0. The van der Waals surface area contributed by atoms with Crippen molar-refractivity contribution in [2.45, 2.75) is 0 Å². The molecule has 0 fully saturated rings. The van der Waals surface area contributed by atoms with Gasteiger partial charge in [-0.3, -0.25) is 0 Å². The summed E-state index contributed by atoms with van der Waals surface area (Å²) in [7, 11) is 1.00. The number of aliphatic hydroxyl groups excluding tert-OH is 1. The van der Waals surface area contributed by atoms with Crippen LogP contribution in [-0.2, 0) is 0 Å². The van der Waals surface area contributed by atoms with E-state index in [1.54, 1.807) is 0 Å². The molecule has 414 valence electrons. The standard InChI is InChI=1S/20CH2Cl2.CH4O/c20*2-1-3;1-2/h20*1H2;2H,1H3. The second-order valence-corrected chi connectivity index (χ2v) is 18.2. The van der Waals surface area contributed by atoms with E-state index in [9.17, 15) is 0 Å². The highest BCUT2D eigenvalue weighted by Gasteiger charge is 1.47. The molecule has 1 nitrogen and oxygen atoms in total. The smallest absolute Gasteiger partial charge is 0.0967 e. The highest BCUT2D eigenvalue weighted by atomic mass is 35.6. The Morgan fingerprint density at radius 2 is 0.113 bits per heavy atom. The zero-order valence-corrected chi connectivity index (χ0v) is 60.9. The van der Waals surface area contributed by atoms with Gasteiger partial charge in [-0.2, -0.15) is 0 Å². The van der Waals surface area contributed by atoms with Crippen molar-refractivity contribution in [2.24, 2.45) is 0 Å². The summed E-state index contributed by atoms with van der Waals surface area (Å²) in [5, 5.41) is 10.9. The quantitative estimate of drug-likeness (QED) is 0.240. The van der Waals surface area contributed by atoms with Crippen LogP contribution in [0, 0.1) is 0 Å². The molecule has 0 aromatic rings. The van der Waals surface area contributed by atoms with Crippen LogP contribution in [0.25, 0.3) is 0 Å². The number of rotatable bonds is 0. The first-order chi connectivity index (χ1) is 29.3. The van der Waals surface area contributed by atoms with Crippen molar-refractivity contribution in [3.05, 3.63) is 0 Å². The lowest BCUT2D eigenvalue weighted by molar-refractivity contribution is 0.399. The molecule has 0 aliphatic carbocycles. The third-order valence-electron chi connectivity index (χ3n) is 0. The summed E-state index contributed by atoms with van der Waals surface area (Å²) in [5.74, 6) is 0. The average Bonchev–Trinajstić information content (AvgIpc) is 3.16. The number of halogens is 40. The van der Waals surface area contributed by atoms with Gasteiger partial charge in [-0.25, -0.2) is 0 Å². The third kappa shape index (κ3) is 2670. The Balaban J connectivity index is -0.0000000150. The normalized spacial score (nSPS) is 5.90. The van der Waals surface area contributed by atoms with Crippen LogP contribution in [-0.4, -0.2) is 119 Å². The minimum atomic E-state index is 0.194. The first-order valence-corrected chi connectivity index (χ1v) is 32.5. The van der Waals surface area contributed by atoms with Crippen LogP contribution in [0.5, 0.6) is 0 Å². The summed E-state index contributed by atoms with van der Waals surface area (Å²) in [4.78, 5) is 0. The number of aliphatic hydroxyl groups is 1. The fourth-order valence-electron chi connectivity index (χ4n) is 0. The van der Waals surface area contributed by atoms with E-state index in [0.717, 1.165) is 7.11 Å². The predicted molar refractivity (Wildman–Crippen MR) is 340 cm³/mol. The Hall–Kier alpha value is 11.6. The maximum absolute atomic E-state index is 7.00. The van der Waals surface area contributed by atoms with E-state index in [-0.39, 0.29) is 107 Å². The van der Waals surface area contributed by atoms with E-state index < -0.39 is 0 Å². The van der Waals surface area contributed by atoms with Crippen molar-refractivity contribution in [1.29, 1.82) is 0 Å². The third-order valence-corrected chi connectivity index (χ3v) is 0. The molecule has 0 spiro atoms. The molecule has 0 aliphatic heterocycles. The van der Waals surface area contributed by atoms with Crippen molar-refractivity contribution >= 4 is 464 Å². The summed E-state index contributed by atoms with van der Waals surface area (Å²) in [6, 6.07) is 0. The largest absolute Gasteiger partial charge is 0.400 e. The molecule has 62 heavy (non-hydrogen) atoms. The molecule has 0 atom stereocenters. The average molecular weight is 1730 g/mol. The lowest BCUT2D eigenvalue weighted by Gasteiger charge is -1.42. The molecule has 0 rings (SSSR count). The lowest BCUT2D eigenvalue weighted by atomic mass is 11.8. The Bertz CT molecular complexity index is 150. The van der Waals surface area contributed by atoms with Crippen LogP contribution < -0.4 is 0 Å². The second-order valence-electron chi connectivity index (χ2n) is 2.02. The number of hydrogen-bond donors (Lipinski definition) is 1. The van der Waals surface area contributed by atoms with Crippen LogP contribution in [0.4, 0.5) is 0 Å². The molecule has 0 unspecified atom stereocenters.